The number of allylic oxidation sites excluding steroid dienone is 4. The molecule has 0 amide bonds. The minimum atomic E-state index is -0.136. The van der Waals surface area contributed by atoms with E-state index in [-0.39, 0.29) is 10.8 Å². The summed E-state index contributed by atoms with van der Waals surface area (Å²) >= 11 is 0. The highest BCUT2D eigenvalue weighted by Gasteiger charge is 2.54. The fraction of sp³-hybridized carbons (Fsp3) is 0.650. The molecule has 0 aromatic rings. The predicted molar refractivity (Wildman–Crippen MR) is 90.1 cm³/mol. The molecule has 1 nitrogen and oxygen atoms in total. The van der Waals surface area contributed by atoms with E-state index in [1.54, 1.807) is 0 Å². The normalized spacial score (nSPS) is 40.5. The highest BCUT2D eigenvalue weighted by molar-refractivity contribution is 5.60. The molecular formula is C20H30O. The van der Waals surface area contributed by atoms with E-state index >= 15 is 0 Å². The number of carbonyl (C=O) groups excluding carboxylic acids is 1. The van der Waals surface area contributed by atoms with Gasteiger partial charge in [-0.15, -0.1) is 0 Å². The molecule has 2 rings (SSSR count). The average Bonchev–Trinajstić information content (AvgIpc) is 2.45. The minimum Gasteiger partial charge on any atom is -0.303 e. The van der Waals surface area contributed by atoms with Crippen LogP contribution in [0.1, 0.15) is 59.3 Å². The number of carbonyl (C=O) groups is 1. The summed E-state index contributed by atoms with van der Waals surface area (Å²) < 4.78 is 0. The lowest BCUT2D eigenvalue weighted by molar-refractivity contribution is -0.130. The van der Waals surface area contributed by atoms with E-state index in [0.717, 1.165) is 32.1 Å². The molecule has 0 aliphatic heterocycles. The highest BCUT2D eigenvalue weighted by atomic mass is 16.1. The fourth-order valence-electron chi connectivity index (χ4n) is 4.96. The van der Waals surface area contributed by atoms with Crippen molar-refractivity contribution >= 4 is 6.29 Å². The van der Waals surface area contributed by atoms with Crippen LogP contribution < -0.4 is 0 Å². The number of hydrogen-bond donors (Lipinski definition) is 0. The Bertz CT molecular complexity index is 472. The number of rotatable bonds is 4. The average molecular weight is 286 g/mol. The first-order chi connectivity index (χ1) is 9.87. The molecule has 0 radical (unpaired) electrons. The van der Waals surface area contributed by atoms with Gasteiger partial charge in [0.1, 0.15) is 6.29 Å². The predicted octanol–water partition coefficient (Wildman–Crippen LogP) is 5.49. The van der Waals surface area contributed by atoms with Crippen LogP contribution in [0.4, 0.5) is 0 Å². The first kappa shape index (κ1) is 16.3. The van der Waals surface area contributed by atoms with Crippen molar-refractivity contribution < 1.29 is 4.79 Å². The molecule has 0 saturated heterocycles. The van der Waals surface area contributed by atoms with Gasteiger partial charge in [0.2, 0.25) is 0 Å². The fourth-order valence-corrected chi connectivity index (χ4v) is 4.96. The Labute approximate surface area is 130 Å². The molecule has 0 bridgehead atoms. The summed E-state index contributed by atoms with van der Waals surface area (Å²) in [5.41, 5.74) is 2.71. The third kappa shape index (κ3) is 2.80. The number of hydrogen-bond acceptors (Lipinski definition) is 1. The smallest absolute Gasteiger partial charge is 0.126 e. The maximum Gasteiger partial charge on any atom is 0.126 e. The topological polar surface area (TPSA) is 17.1 Å². The molecule has 0 aromatic carbocycles. The quantitative estimate of drug-likeness (QED) is 0.379. The van der Waals surface area contributed by atoms with Gasteiger partial charge in [-0.05, 0) is 56.3 Å². The third-order valence-corrected chi connectivity index (χ3v) is 6.33. The second-order valence-electron chi connectivity index (χ2n) is 7.67. The van der Waals surface area contributed by atoms with Crippen molar-refractivity contribution in [1.82, 2.24) is 0 Å². The Kier molecular flexibility index (Phi) is 4.60. The molecule has 2 saturated carbocycles. The van der Waals surface area contributed by atoms with E-state index in [4.69, 9.17) is 0 Å². The molecular weight excluding hydrogens is 256 g/mol. The van der Waals surface area contributed by atoms with Crippen LogP contribution in [0.15, 0.2) is 36.5 Å². The molecule has 116 valence electrons. The maximum absolute atomic E-state index is 11.7. The van der Waals surface area contributed by atoms with Crippen LogP contribution in [0.5, 0.6) is 0 Å². The molecule has 2 aliphatic rings. The Morgan fingerprint density at radius 1 is 1.38 bits per heavy atom. The van der Waals surface area contributed by atoms with Crippen molar-refractivity contribution in [2.24, 2.45) is 22.7 Å². The zero-order valence-electron chi connectivity index (χ0n) is 14.0. The van der Waals surface area contributed by atoms with Crippen LogP contribution in [0.25, 0.3) is 0 Å². The van der Waals surface area contributed by atoms with Crippen LogP contribution in [-0.2, 0) is 4.79 Å². The largest absolute Gasteiger partial charge is 0.303 e. The van der Waals surface area contributed by atoms with Gasteiger partial charge in [-0.2, -0.15) is 0 Å². The summed E-state index contributed by atoms with van der Waals surface area (Å²) in [5, 5.41) is 0. The molecule has 0 aromatic heterocycles. The van der Waals surface area contributed by atoms with Crippen molar-refractivity contribution in [1.29, 1.82) is 0 Å². The molecule has 2 aliphatic carbocycles. The van der Waals surface area contributed by atoms with E-state index in [1.807, 2.05) is 6.08 Å². The van der Waals surface area contributed by atoms with E-state index in [2.05, 4.69) is 40.0 Å². The van der Waals surface area contributed by atoms with Crippen molar-refractivity contribution in [3.8, 4) is 0 Å². The highest BCUT2D eigenvalue weighted by Crippen LogP contribution is 2.61. The summed E-state index contributed by atoms with van der Waals surface area (Å²) in [4.78, 5) is 11.7. The second-order valence-corrected chi connectivity index (χ2v) is 7.67. The molecule has 2 fully saturated rings. The Morgan fingerprint density at radius 3 is 2.71 bits per heavy atom. The van der Waals surface area contributed by atoms with Gasteiger partial charge in [-0.25, -0.2) is 0 Å². The second kappa shape index (κ2) is 5.94. The van der Waals surface area contributed by atoms with Crippen LogP contribution in [0.2, 0.25) is 0 Å². The maximum atomic E-state index is 11.7. The van der Waals surface area contributed by atoms with Crippen LogP contribution in [0, 0.1) is 22.7 Å². The summed E-state index contributed by atoms with van der Waals surface area (Å²) in [6.45, 7) is 14.9. The number of fused-ring (bicyclic) bond motifs is 1. The van der Waals surface area contributed by atoms with Gasteiger partial charge in [0.05, 0.1) is 0 Å². The monoisotopic (exact) mass is 286 g/mol. The van der Waals surface area contributed by atoms with Crippen LogP contribution >= 0.6 is 0 Å². The lowest BCUT2D eigenvalue weighted by atomic mass is 9.47. The molecule has 4 atom stereocenters. The van der Waals surface area contributed by atoms with E-state index < -0.39 is 0 Å². The van der Waals surface area contributed by atoms with Gasteiger partial charge in [0.15, 0.2) is 0 Å². The lowest BCUT2D eigenvalue weighted by Gasteiger charge is -2.57. The summed E-state index contributed by atoms with van der Waals surface area (Å²) in [5.74, 6) is 1.01. The first-order valence-electron chi connectivity index (χ1n) is 8.30. The standard InChI is InChI=1S/C20H30O/c1-6-15(2)8-10-17-16(3)9-11-18-19(4,14-21)12-7-13-20(17,18)5/h6,8,14,17-18H,1,3,7,9-13H2,2,4-5H3/t17-,18-,19+,20+/m0/s1. The van der Waals surface area contributed by atoms with Gasteiger partial charge in [0.25, 0.3) is 0 Å². The zero-order valence-corrected chi connectivity index (χ0v) is 14.0. The Hall–Kier alpha value is -1.11. The van der Waals surface area contributed by atoms with E-state index in [9.17, 15) is 4.79 Å². The zero-order chi connectivity index (χ0) is 15.7. The van der Waals surface area contributed by atoms with Crippen molar-refractivity contribution in [3.05, 3.63) is 36.5 Å². The molecule has 0 N–H and O–H groups in total. The van der Waals surface area contributed by atoms with Gasteiger partial charge >= 0.3 is 0 Å². The van der Waals surface area contributed by atoms with Gasteiger partial charge in [-0.3, -0.25) is 0 Å². The van der Waals surface area contributed by atoms with Gasteiger partial charge < -0.3 is 4.79 Å². The molecule has 21 heavy (non-hydrogen) atoms. The molecule has 1 heteroatoms. The molecule has 0 heterocycles. The van der Waals surface area contributed by atoms with Gasteiger partial charge in [-0.1, -0.05) is 56.7 Å². The van der Waals surface area contributed by atoms with Crippen molar-refractivity contribution in [2.75, 3.05) is 0 Å². The number of aldehydes is 1. The Balaban J connectivity index is 2.33. The van der Waals surface area contributed by atoms with Crippen molar-refractivity contribution in [3.63, 3.8) is 0 Å². The summed E-state index contributed by atoms with van der Waals surface area (Å²) in [6, 6.07) is 0. The van der Waals surface area contributed by atoms with E-state index in [1.165, 1.54) is 23.9 Å². The first-order valence-corrected chi connectivity index (χ1v) is 8.30. The summed E-state index contributed by atoms with van der Waals surface area (Å²) in [7, 11) is 0. The van der Waals surface area contributed by atoms with E-state index in [0.29, 0.717) is 11.8 Å². The van der Waals surface area contributed by atoms with Gasteiger partial charge in [0, 0.05) is 5.41 Å². The van der Waals surface area contributed by atoms with Crippen LogP contribution in [-0.4, -0.2) is 6.29 Å². The Morgan fingerprint density at radius 2 is 2.10 bits per heavy atom. The molecule has 0 spiro atoms. The van der Waals surface area contributed by atoms with Crippen LogP contribution in [0.3, 0.4) is 0 Å². The van der Waals surface area contributed by atoms with Crippen molar-refractivity contribution in [2.45, 2.75) is 59.3 Å². The lowest BCUT2D eigenvalue weighted by Crippen LogP contribution is -2.51. The third-order valence-electron chi connectivity index (χ3n) is 6.33. The SMILES string of the molecule is C=CC(C)=CC[C@H]1C(=C)CC[C@@H]2[C@]1(C)CCC[C@]2(C)C=O. The molecule has 0 unspecified atom stereocenters. The minimum absolute atomic E-state index is 0.136. The summed E-state index contributed by atoms with van der Waals surface area (Å²) in [6.07, 6.45) is 12.1.